The second-order valence-corrected chi connectivity index (χ2v) is 6.54. The number of benzene rings is 1. The van der Waals surface area contributed by atoms with E-state index in [2.05, 4.69) is 34.1 Å². The first-order valence-electron chi connectivity index (χ1n) is 6.73. The van der Waals surface area contributed by atoms with Gasteiger partial charge in [0.05, 0.1) is 6.61 Å². The van der Waals surface area contributed by atoms with Crippen molar-refractivity contribution in [1.29, 1.82) is 0 Å². The van der Waals surface area contributed by atoms with E-state index in [1.165, 1.54) is 49.0 Å². The van der Waals surface area contributed by atoms with Crippen LogP contribution in [-0.4, -0.2) is 11.4 Å². The molecule has 1 aromatic rings. The molecule has 0 bridgehead atoms. The van der Waals surface area contributed by atoms with Gasteiger partial charge in [-0.05, 0) is 36.3 Å². The van der Waals surface area contributed by atoms with Gasteiger partial charge in [-0.1, -0.05) is 47.0 Å². The fourth-order valence-corrected chi connectivity index (χ4v) is 3.92. The van der Waals surface area contributed by atoms with Crippen molar-refractivity contribution in [3.63, 3.8) is 0 Å². The minimum Gasteiger partial charge on any atom is -0.493 e. The molecule has 1 fully saturated rings. The van der Waals surface area contributed by atoms with Gasteiger partial charge in [-0.15, -0.1) is 0 Å². The fraction of sp³-hybridized carbons (Fsp3) is 0.600. The lowest BCUT2D eigenvalue weighted by Gasteiger charge is -2.19. The highest BCUT2D eigenvalue weighted by Crippen LogP contribution is 2.41. The first-order valence-corrected chi connectivity index (χ1v) is 7.65. The molecule has 2 heteroatoms. The first-order chi connectivity index (χ1) is 8.34. The van der Waals surface area contributed by atoms with E-state index in [4.69, 9.17) is 4.74 Å². The van der Waals surface area contributed by atoms with Crippen molar-refractivity contribution in [3.8, 4) is 5.75 Å². The van der Waals surface area contributed by atoms with Crippen LogP contribution in [0.2, 0.25) is 0 Å². The summed E-state index contributed by atoms with van der Waals surface area (Å²) in [4.78, 5) is 0.687. The summed E-state index contributed by atoms with van der Waals surface area (Å²) < 4.78 is 5.84. The molecule has 2 unspecified atom stereocenters. The maximum Gasteiger partial charge on any atom is 0.126 e. The van der Waals surface area contributed by atoms with E-state index in [0.29, 0.717) is 10.7 Å². The predicted octanol–water partition coefficient (Wildman–Crippen LogP) is 4.43. The van der Waals surface area contributed by atoms with Crippen molar-refractivity contribution < 1.29 is 4.74 Å². The molecule has 1 nitrogen and oxygen atoms in total. The van der Waals surface area contributed by atoms with Gasteiger partial charge in [0.25, 0.3) is 0 Å². The van der Waals surface area contributed by atoms with Crippen molar-refractivity contribution in [2.45, 2.75) is 49.3 Å². The van der Waals surface area contributed by atoms with Crippen LogP contribution < -0.4 is 4.74 Å². The third-order valence-corrected chi connectivity index (χ3v) is 4.88. The highest BCUT2D eigenvalue weighted by Gasteiger charge is 2.25. The quantitative estimate of drug-likeness (QED) is 0.550. The highest BCUT2D eigenvalue weighted by atomic mass is 79.9. The largest absolute Gasteiger partial charge is 0.493 e. The lowest BCUT2D eigenvalue weighted by Crippen LogP contribution is -2.05. The summed E-state index contributed by atoms with van der Waals surface area (Å²) in [6.45, 7) is 0.872. The van der Waals surface area contributed by atoms with Crippen molar-refractivity contribution in [3.05, 3.63) is 29.3 Å². The van der Waals surface area contributed by atoms with Crippen LogP contribution in [0.25, 0.3) is 0 Å². The van der Waals surface area contributed by atoms with E-state index in [1.807, 2.05) is 0 Å². The third kappa shape index (κ3) is 2.37. The first kappa shape index (κ1) is 11.6. The molecule has 2 atom stereocenters. The van der Waals surface area contributed by atoms with Crippen molar-refractivity contribution in [1.82, 2.24) is 0 Å². The molecule has 1 saturated carbocycles. The predicted molar refractivity (Wildman–Crippen MR) is 74.2 cm³/mol. The summed E-state index contributed by atoms with van der Waals surface area (Å²) in [6, 6.07) is 6.70. The van der Waals surface area contributed by atoms with Gasteiger partial charge in [-0.3, -0.25) is 0 Å². The lowest BCUT2D eigenvalue weighted by atomic mass is 9.90. The fourth-order valence-electron chi connectivity index (χ4n) is 3.15. The van der Waals surface area contributed by atoms with Crippen LogP contribution in [0.15, 0.2) is 18.2 Å². The molecule has 2 aliphatic rings. The summed E-state index contributed by atoms with van der Waals surface area (Å²) in [6.07, 6.45) is 7.72. The molecule has 0 radical (unpaired) electrons. The Balaban J connectivity index is 1.90. The average Bonchev–Trinajstić information content (AvgIpc) is 2.71. The number of halogens is 1. The number of hydrogen-bond donors (Lipinski definition) is 0. The molecule has 0 spiro atoms. The van der Waals surface area contributed by atoms with Gasteiger partial charge in [-0.2, -0.15) is 0 Å². The van der Waals surface area contributed by atoms with E-state index < -0.39 is 0 Å². The second-order valence-electron chi connectivity index (χ2n) is 5.25. The van der Waals surface area contributed by atoms with E-state index >= 15 is 0 Å². The highest BCUT2D eigenvalue weighted by molar-refractivity contribution is 9.09. The van der Waals surface area contributed by atoms with E-state index in [0.717, 1.165) is 13.0 Å². The zero-order valence-corrected chi connectivity index (χ0v) is 11.7. The lowest BCUT2D eigenvalue weighted by molar-refractivity contribution is 0.349. The molecular formula is C15H19BrO. The van der Waals surface area contributed by atoms with Crippen molar-refractivity contribution in [2.75, 3.05) is 6.61 Å². The Morgan fingerprint density at radius 3 is 3.00 bits per heavy atom. The molecule has 1 aromatic carbocycles. The minimum absolute atomic E-state index is 0.687. The molecule has 0 N–H and O–H groups in total. The summed E-state index contributed by atoms with van der Waals surface area (Å²) in [7, 11) is 0. The topological polar surface area (TPSA) is 9.23 Å². The van der Waals surface area contributed by atoms with E-state index in [-0.39, 0.29) is 0 Å². The molecule has 17 heavy (non-hydrogen) atoms. The van der Waals surface area contributed by atoms with Gasteiger partial charge in [0, 0.05) is 11.2 Å². The summed E-state index contributed by atoms with van der Waals surface area (Å²) in [5.74, 6) is 1.90. The minimum atomic E-state index is 0.687. The van der Waals surface area contributed by atoms with Gasteiger partial charge in [0.2, 0.25) is 0 Å². The Bertz CT molecular complexity index is 402. The summed E-state index contributed by atoms with van der Waals surface area (Å²) >= 11 is 3.82. The van der Waals surface area contributed by atoms with Crippen LogP contribution in [0.5, 0.6) is 5.75 Å². The van der Waals surface area contributed by atoms with Crippen LogP contribution in [0, 0.1) is 0 Å². The molecule has 1 aliphatic heterocycles. The van der Waals surface area contributed by atoms with Crippen LogP contribution >= 0.6 is 15.9 Å². The van der Waals surface area contributed by atoms with Crippen LogP contribution in [0.3, 0.4) is 0 Å². The number of hydrogen-bond acceptors (Lipinski definition) is 1. The van der Waals surface area contributed by atoms with Gasteiger partial charge in [0.15, 0.2) is 0 Å². The average molecular weight is 295 g/mol. The smallest absolute Gasteiger partial charge is 0.126 e. The van der Waals surface area contributed by atoms with Gasteiger partial charge >= 0.3 is 0 Å². The van der Waals surface area contributed by atoms with Crippen LogP contribution in [-0.2, 0) is 6.42 Å². The Morgan fingerprint density at radius 1 is 1.18 bits per heavy atom. The summed E-state index contributed by atoms with van der Waals surface area (Å²) in [5, 5.41) is 0. The monoisotopic (exact) mass is 294 g/mol. The standard InChI is InChI=1S/C15H19BrO/c16-13-6-2-1-4-12(10-13)14-7-3-5-11-8-9-17-15(11)14/h3,5,7,12-13H,1-2,4,6,8-10H2. The molecule has 3 rings (SSSR count). The number of rotatable bonds is 1. The maximum atomic E-state index is 5.84. The molecule has 92 valence electrons. The molecule has 1 aliphatic carbocycles. The van der Waals surface area contributed by atoms with Gasteiger partial charge in [-0.25, -0.2) is 0 Å². The number of fused-ring (bicyclic) bond motifs is 1. The molecular weight excluding hydrogens is 276 g/mol. The molecule has 0 aromatic heterocycles. The normalized spacial score (nSPS) is 28.3. The summed E-state index contributed by atoms with van der Waals surface area (Å²) in [5.41, 5.74) is 2.88. The zero-order valence-electron chi connectivity index (χ0n) is 10.1. The number of para-hydroxylation sites is 1. The molecule has 0 saturated heterocycles. The maximum absolute atomic E-state index is 5.84. The van der Waals surface area contributed by atoms with Gasteiger partial charge < -0.3 is 4.74 Å². The van der Waals surface area contributed by atoms with Gasteiger partial charge in [0.1, 0.15) is 5.75 Å². The van der Waals surface area contributed by atoms with E-state index in [1.54, 1.807) is 0 Å². The second kappa shape index (κ2) is 5.01. The SMILES string of the molecule is BrC1CCCCC(c2cccc3c2OCC3)C1. The number of alkyl halides is 1. The van der Waals surface area contributed by atoms with Crippen LogP contribution in [0.4, 0.5) is 0 Å². The molecule has 0 amide bonds. The Morgan fingerprint density at radius 2 is 2.06 bits per heavy atom. The zero-order chi connectivity index (χ0) is 11.7. The Hall–Kier alpha value is -0.500. The third-order valence-electron chi connectivity index (χ3n) is 4.04. The van der Waals surface area contributed by atoms with E-state index in [9.17, 15) is 0 Å². The molecule has 1 heterocycles. The Labute approximate surface area is 112 Å². The Kier molecular flexibility index (Phi) is 3.41. The number of ether oxygens (including phenoxy) is 1. The van der Waals surface area contributed by atoms with Crippen LogP contribution in [0.1, 0.15) is 49.1 Å². The van der Waals surface area contributed by atoms with Crippen molar-refractivity contribution in [2.24, 2.45) is 0 Å². The van der Waals surface area contributed by atoms with Crippen molar-refractivity contribution >= 4 is 15.9 Å².